The first kappa shape index (κ1) is 10.8. The van der Waals surface area contributed by atoms with E-state index in [2.05, 4.69) is 10.2 Å². The molecule has 1 aromatic carbocycles. The van der Waals surface area contributed by atoms with Crippen molar-refractivity contribution < 1.29 is 9.90 Å². The number of hydrogen-bond acceptors (Lipinski definition) is 3. The molecule has 0 aliphatic carbocycles. The average Bonchev–Trinajstić information content (AvgIpc) is 2.78. The summed E-state index contributed by atoms with van der Waals surface area (Å²) in [5.41, 5.74) is 1.66. The molecule has 2 rings (SSSR count). The molecule has 0 spiro atoms. The predicted molar refractivity (Wildman–Crippen MR) is 62.8 cm³/mol. The van der Waals surface area contributed by atoms with Crippen molar-refractivity contribution in [2.75, 3.05) is 6.26 Å². The van der Waals surface area contributed by atoms with Gasteiger partial charge in [0, 0.05) is 10.5 Å². The second kappa shape index (κ2) is 4.40. The van der Waals surface area contributed by atoms with Gasteiger partial charge < -0.3 is 5.11 Å². The van der Waals surface area contributed by atoms with Crippen molar-refractivity contribution in [1.82, 2.24) is 10.2 Å². The van der Waals surface area contributed by atoms with Crippen LogP contribution in [-0.4, -0.2) is 27.5 Å². The van der Waals surface area contributed by atoms with Crippen LogP contribution >= 0.6 is 11.8 Å². The van der Waals surface area contributed by atoms with Gasteiger partial charge in [-0.3, -0.25) is 5.10 Å². The summed E-state index contributed by atoms with van der Waals surface area (Å²) >= 11 is 1.64. The molecule has 0 fully saturated rings. The Bertz CT molecular complexity index is 522. The molecule has 0 radical (unpaired) electrons. The Morgan fingerprint density at radius 1 is 1.44 bits per heavy atom. The van der Waals surface area contributed by atoms with Gasteiger partial charge in [-0.1, -0.05) is 12.1 Å². The Hall–Kier alpha value is -1.75. The molecule has 82 valence electrons. The number of aromatic amines is 1. The molecule has 0 aliphatic rings. The van der Waals surface area contributed by atoms with Gasteiger partial charge in [-0.15, -0.1) is 11.8 Å². The van der Waals surface area contributed by atoms with Crippen molar-refractivity contribution in [2.45, 2.75) is 4.90 Å². The smallest absolute Gasteiger partial charge is 0.353 e. The lowest BCUT2D eigenvalue weighted by molar-refractivity contribution is 0.0690. The van der Waals surface area contributed by atoms with Crippen LogP contribution in [0.15, 0.2) is 35.2 Å². The van der Waals surface area contributed by atoms with Crippen LogP contribution < -0.4 is 0 Å². The molecule has 0 atom stereocenters. The van der Waals surface area contributed by atoms with E-state index in [1.165, 1.54) is 6.07 Å². The van der Waals surface area contributed by atoms with E-state index in [0.29, 0.717) is 5.69 Å². The Kier molecular flexibility index (Phi) is 2.96. The topological polar surface area (TPSA) is 66.0 Å². The average molecular weight is 234 g/mol. The van der Waals surface area contributed by atoms with E-state index in [4.69, 9.17) is 5.11 Å². The van der Waals surface area contributed by atoms with Crippen molar-refractivity contribution in [2.24, 2.45) is 0 Å². The largest absolute Gasteiger partial charge is 0.477 e. The predicted octanol–water partition coefficient (Wildman–Crippen LogP) is 2.50. The lowest BCUT2D eigenvalue weighted by atomic mass is 10.1. The van der Waals surface area contributed by atoms with Crippen LogP contribution in [0.2, 0.25) is 0 Å². The fourth-order valence-corrected chi connectivity index (χ4v) is 1.82. The molecule has 16 heavy (non-hydrogen) atoms. The summed E-state index contributed by atoms with van der Waals surface area (Å²) in [4.78, 5) is 11.8. The fraction of sp³-hybridized carbons (Fsp3) is 0.0909. The Morgan fingerprint density at radius 3 is 2.88 bits per heavy atom. The van der Waals surface area contributed by atoms with Gasteiger partial charge in [0.25, 0.3) is 0 Å². The number of carboxylic acids is 1. The van der Waals surface area contributed by atoms with E-state index < -0.39 is 5.97 Å². The monoisotopic (exact) mass is 234 g/mol. The maximum Gasteiger partial charge on any atom is 0.353 e. The zero-order valence-corrected chi connectivity index (χ0v) is 9.41. The first-order valence-electron chi connectivity index (χ1n) is 4.64. The van der Waals surface area contributed by atoms with Crippen molar-refractivity contribution in [3.05, 3.63) is 36.0 Å². The number of rotatable bonds is 3. The third-order valence-electron chi connectivity index (χ3n) is 2.17. The summed E-state index contributed by atoms with van der Waals surface area (Å²) in [7, 11) is 0. The summed E-state index contributed by atoms with van der Waals surface area (Å²) in [6.07, 6.45) is 1.99. The van der Waals surface area contributed by atoms with Crippen LogP contribution in [0, 0.1) is 0 Å². The Morgan fingerprint density at radius 2 is 2.25 bits per heavy atom. The molecule has 5 heteroatoms. The second-order valence-electron chi connectivity index (χ2n) is 3.20. The SMILES string of the molecule is CSc1cccc(-c2cc(C(=O)O)[nH]n2)c1. The molecule has 0 bridgehead atoms. The first-order chi connectivity index (χ1) is 7.70. The lowest BCUT2D eigenvalue weighted by Gasteiger charge is -1.98. The minimum Gasteiger partial charge on any atom is -0.477 e. The Labute approximate surface area is 96.7 Å². The number of carboxylic acid groups (broad SMARTS) is 1. The molecular formula is C11H10N2O2S. The molecule has 4 nitrogen and oxygen atoms in total. The first-order valence-corrected chi connectivity index (χ1v) is 5.86. The number of nitrogens with zero attached hydrogens (tertiary/aromatic N) is 1. The quantitative estimate of drug-likeness (QED) is 0.801. The maximum atomic E-state index is 10.7. The van der Waals surface area contributed by atoms with Gasteiger partial charge in [-0.2, -0.15) is 5.10 Å². The lowest BCUT2D eigenvalue weighted by Crippen LogP contribution is -1.95. The molecule has 0 aliphatic heterocycles. The normalized spacial score (nSPS) is 10.3. The summed E-state index contributed by atoms with van der Waals surface area (Å²) in [5, 5.41) is 15.2. The van der Waals surface area contributed by atoms with Crippen LogP contribution in [0.1, 0.15) is 10.5 Å². The highest BCUT2D eigenvalue weighted by Gasteiger charge is 2.09. The molecule has 2 N–H and O–H groups in total. The Balaban J connectivity index is 2.38. The van der Waals surface area contributed by atoms with Crippen LogP contribution in [0.4, 0.5) is 0 Å². The molecular weight excluding hydrogens is 224 g/mol. The number of carbonyl (C=O) groups is 1. The third-order valence-corrected chi connectivity index (χ3v) is 2.90. The second-order valence-corrected chi connectivity index (χ2v) is 4.08. The highest BCUT2D eigenvalue weighted by molar-refractivity contribution is 7.98. The number of aromatic carboxylic acids is 1. The van der Waals surface area contributed by atoms with Crippen LogP contribution in [0.5, 0.6) is 0 Å². The molecule has 0 saturated heterocycles. The van der Waals surface area contributed by atoms with E-state index in [-0.39, 0.29) is 5.69 Å². The van der Waals surface area contributed by atoms with Crippen molar-refractivity contribution in [3.63, 3.8) is 0 Å². The number of nitrogens with one attached hydrogen (secondary N) is 1. The van der Waals surface area contributed by atoms with Gasteiger partial charge in [0.15, 0.2) is 0 Å². The van der Waals surface area contributed by atoms with E-state index in [0.717, 1.165) is 10.5 Å². The van der Waals surface area contributed by atoms with Crippen molar-refractivity contribution >= 4 is 17.7 Å². The number of benzene rings is 1. The van der Waals surface area contributed by atoms with Gasteiger partial charge in [-0.25, -0.2) is 4.79 Å². The van der Waals surface area contributed by atoms with E-state index >= 15 is 0 Å². The standard InChI is InChI=1S/C11H10N2O2S/c1-16-8-4-2-3-7(5-8)9-6-10(11(14)15)13-12-9/h2-6H,1H3,(H,12,13)(H,14,15). The number of aromatic nitrogens is 2. The summed E-state index contributed by atoms with van der Waals surface area (Å²) < 4.78 is 0. The van der Waals surface area contributed by atoms with E-state index in [9.17, 15) is 4.79 Å². The van der Waals surface area contributed by atoms with Crippen molar-refractivity contribution in [1.29, 1.82) is 0 Å². The molecule has 0 unspecified atom stereocenters. The molecule has 1 aromatic heterocycles. The zero-order valence-electron chi connectivity index (χ0n) is 8.60. The number of thioether (sulfide) groups is 1. The van der Waals surface area contributed by atoms with E-state index in [1.54, 1.807) is 11.8 Å². The number of H-pyrrole nitrogens is 1. The minimum atomic E-state index is -1.00. The highest BCUT2D eigenvalue weighted by atomic mass is 32.2. The van der Waals surface area contributed by atoms with E-state index in [1.807, 2.05) is 30.5 Å². The molecule has 2 aromatic rings. The van der Waals surface area contributed by atoms with Crippen molar-refractivity contribution in [3.8, 4) is 11.3 Å². The third kappa shape index (κ3) is 2.09. The van der Waals surface area contributed by atoms with Crippen LogP contribution in [0.25, 0.3) is 11.3 Å². The van der Waals surface area contributed by atoms with Crippen LogP contribution in [-0.2, 0) is 0 Å². The fourth-order valence-electron chi connectivity index (χ4n) is 1.36. The molecule has 0 saturated carbocycles. The zero-order chi connectivity index (χ0) is 11.5. The number of hydrogen-bond donors (Lipinski definition) is 2. The van der Waals surface area contributed by atoms with Gasteiger partial charge in [-0.05, 0) is 24.5 Å². The maximum absolute atomic E-state index is 10.7. The van der Waals surface area contributed by atoms with Gasteiger partial charge in [0.05, 0.1) is 5.69 Å². The van der Waals surface area contributed by atoms with Gasteiger partial charge in [0.2, 0.25) is 0 Å². The van der Waals surface area contributed by atoms with Gasteiger partial charge in [0.1, 0.15) is 5.69 Å². The summed E-state index contributed by atoms with van der Waals surface area (Å²) in [6, 6.07) is 9.34. The summed E-state index contributed by atoms with van der Waals surface area (Å²) in [5.74, 6) is -1.00. The molecule has 1 heterocycles. The highest BCUT2D eigenvalue weighted by Crippen LogP contribution is 2.23. The van der Waals surface area contributed by atoms with Gasteiger partial charge >= 0.3 is 5.97 Å². The molecule has 0 amide bonds. The van der Waals surface area contributed by atoms with Crippen LogP contribution in [0.3, 0.4) is 0 Å². The summed E-state index contributed by atoms with van der Waals surface area (Å²) in [6.45, 7) is 0. The minimum absolute atomic E-state index is 0.101.